The normalized spacial score (nSPS) is 26.7. The zero-order valence-electron chi connectivity index (χ0n) is 15.1. The SMILES string of the molecule is CCNC(=NCCCN1CCOCC1)N1CC(C)CC(C)C1.I. The fourth-order valence-electron chi connectivity index (χ4n) is 3.57. The van der Waals surface area contributed by atoms with Gasteiger partial charge < -0.3 is 15.0 Å². The fraction of sp³-hybridized carbons (Fsp3) is 0.941. The molecule has 6 heteroatoms. The van der Waals surface area contributed by atoms with Gasteiger partial charge in [-0.25, -0.2) is 0 Å². The van der Waals surface area contributed by atoms with Gasteiger partial charge in [0.15, 0.2) is 5.96 Å². The van der Waals surface area contributed by atoms with Crippen LogP contribution >= 0.6 is 24.0 Å². The predicted octanol–water partition coefficient (Wildman–Crippen LogP) is 2.27. The Labute approximate surface area is 159 Å². The second-order valence-electron chi connectivity index (χ2n) is 6.89. The number of nitrogens with zero attached hydrogens (tertiary/aromatic N) is 3. The summed E-state index contributed by atoms with van der Waals surface area (Å²) in [6, 6.07) is 0. The van der Waals surface area contributed by atoms with E-state index in [4.69, 9.17) is 9.73 Å². The van der Waals surface area contributed by atoms with Gasteiger partial charge in [-0.15, -0.1) is 24.0 Å². The van der Waals surface area contributed by atoms with E-state index in [2.05, 4.69) is 35.9 Å². The molecule has 2 rings (SSSR count). The summed E-state index contributed by atoms with van der Waals surface area (Å²) >= 11 is 0. The number of aliphatic imine (C=N–C) groups is 1. The molecule has 2 heterocycles. The minimum atomic E-state index is 0. The number of hydrogen-bond donors (Lipinski definition) is 1. The van der Waals surface area contributed by atoms with Crippen molar-refractivity contribution in [2.45, 2.75) is 33.6 Å². The molecule has 0 amide bonds. The Bertz CT molecular complexity index is 337. The third kappa shape index (κ3) is 7.56. The first-order valence-corrected chi connectivity index (χ1v) is 9.02. The number of morpholine rings is 1. The lowest BCUT2D eigenvalue weighted by Crippen LogP contribution is -2.48. The highest BCUT2D eigenvalue weighted by atomic mass is 127. The number of likely N-dealkylation sites (tertiary alicyclic amines) is 1. The molecule has 2 fully saturated rings. The van der Waals surface area contributed by atoms with E-state index >= 15 is 0 Å². The Morgan fingerprint density at radius 3 is 2.43 bits per heavy atom. The molecule has 23 heavy (non-hydrogen) atoms. The highest BCUT2D eigenvalue weighted by Gasteiger charge is 2.23. The molecule has 2 aliphatic heterocycles. The van der Waals surface area contributed by atoms with Gasteiger partial charge in [0.2, 0.25) is 0 Å². The molecule has 2 atom stereocenters. The van der Waals surface area contributed by atoms with E-state index in [0.29, 0.717) is 0 Å². The molecule has 5 nitrogen and oxygen atoms in total. The first-order valence-electron chi connectivity index (χ1n) is 9.02. The third-order valence-corrected chi connectivity index (χ3v) is 4.50. The van der Waals surface area contributed by atoms with Gasteiger partial charge in [-0.05, 0) is 31.6 Å². The molecule has 2 aliphatic rings. The van der Waals surface area contributed by atoms with Crippen molar-refractivity contribution < 1.29 is 4.74 Å². The largest absolute Gasteiger partial charge is 0.379 e. The summed E-state index contributed by atoms with van der Waals surface area (Å²) in [5, 5.41) is 3.47. The van der Waals surface area contributed by atoms with Gasteiger partial charge in [-0.2, -0.15) is 0 Å². The van der Waals surface area contributed by atoms with Crippen LogP contribution in [0.25, 0.3) is 0 Å². The molecule has 0 spiro atoms. The molecule has 2 saturated heterocycles. The number of guanidine groups is 1. The smallest absolute Gasteiger partial charge is 0.193 e. The summed E-state index contributed by atoms with van der Waals surface area (Å²) in [6.45, 7) is 16.1. The summed E-state index contributed by atoms with van der Waals surface area (Å²) in [5.41, 5.74) is 0. The lowest BCUT2D eigenvalue weighted by molar-refractivity contribution is 0.0377. The maximum Gasteiger partial charge on any atom is 0.193 e. The van der Waals surface area contributed by atoms with Crippen LogP contribution in [-0.2, 0) is 4.74 Å². The van der Waals surface area contributed by atoms with Gasteiger partial charge in [0.05, 0.1) is 13.2 Å². The molecule has 2 unspecified atom stereocenters. The summed E-state index contributed by atoms with van der Waals surface area (Å²) in [5.74, 6) is 2.64. The molecule has 1 N–H and O–H groups in total. The van der Waals surface area contributed by atoms with Crippen LogP contribution in [0.15, 0.2) is 4.99 Å². The zero-order chi connectivity index (χ0) is 15.8. The van der Waals surface area contributed by atoms with Crippen LogP contribution in [0.3, 0.4) is 0 Å². The van der Waals surface area contributed by atoms with Crippen molar-refractivity contribution in [3.8, 4) is 0 Å². The highest BCUT2D eigenvalue weighted by Crippen LogP contribution is 2.20. The molecule has 0 radical (unpaired) electrons. The molecule has 0 aromatic rings. The summed E-state index contributed by atoms with van der Waals surface area (Å²) < 4.78 is 5.39. The molecule has 0 aromatic carbocycles. The van der Waals surface area contributed by atoms with Crippen molar-refractivity contribution in [1.82, 2.24) is 15.1 Å². The maximum atomic E-state index is 5.39. The van der Waals surface area contributed by atoms with Crippen LogP contribution in [0.5, 0.6) is 0 Å². The average Bonchev–Trinajstić information content (AvgIpc) is 2.50. The monoisotopic (exact) mass is 438 g/mol. The standard InChI is InChI=1S/C17H34N4O.HI/c1-4-18-17(21-13-15(2)12-16(3)14-21)19-6-5-7-20-8-10-22-11-9-20;/h15-16H,4-14H2,1-3H3,(H,18,19);1H. The van der Waals surface area contributed by atoms with E-state index < -0.39 is 0 Å². The van der Waals surface area contributed by atoms with Crippen molar-refractivity contribution in [3.63, 3.8) is 0 Å². The zero-order valence-corrected chi connectivity index (χ0v) is 17.4. The molecular formula is C17H35IN4O. The van der Waals surface area contributed by atoms with E-state index in [1.165, 1.54) is 6.42 Å². The van der Waals surface area contributed by atoms with E-state index in [0.717, 1.165) is 83.2 Å². The van der Waals surface area contributed by atoms with E-state index in [9.17, 15) is 0 Å². The molecule has 0 saturated carbocycles. The maximum absolute atomic E-state index is 5.39. The number of ether oxygens (including phenoxy) is 1. The van der Waals surface area contributed by atoms with Crippen molar-refractivity contribution in [3.05, 3.63) is 0 Å². The second kappa shape index (κ2) is 11.5. The Kier molecular flexibility index (Phi) is 10.5. The van der Waals surface area contributed by atoms with Gasteiger partial charge >= 0.3 is 0 Å². The lowest BCUT2D eigenvalue weighted by Gasteiger charge is -2.37. The molecule has 136 valence electrons. The number of rotatable bonds is 5. The van der Waals surface area contributed by atoms with E-state index in [1.807, 2.05) is 0 Å². The van der Waals surface area contributed by atoms with Gasteiger partial charge in [-0.1, -0.05) is 13.8 Å². The quantitative estimate of drug-likeness (QED) is 0.310. The van der Waals surface area contributed by atoms with Crippen molar-refractivity contribution in [2.75, 3.05) is 59.0 Å². The minimum Gasteiger partial charge on any atom is -0.379 e. The van der Waals surface area contributed by atoms with Crippen molar-refractivity contribution in [2.24, 2.45) is 16.8 Å². The first-order chi connectivity index (χ1) is 10.7. The van der Waals surface area contributed by atoms with Gasteiger partial charge in [0, 0.05) is 45.8 Å². The molecule has 0 bridgehead atoms. The summed E-state index contributed by atoms with van der Waals surface area (Å²) in [4.78, 5) is 9.80. The topological polar surface area (TPSA) is 40.1 Å². The van der Waals surface area contributed by atoms with Gasteiger partial charge in [0.25, 0.3) is 0 Å². The summed E-state index contributed by atoms with van der Waals surface area (Å²) in [6.07, 6.45) is 2.47. The lowest BCUT2D eigenvalue weighted by atomic mass is 9.92. The Hall–Kier alpha value is -0.0800. The molecule has 0 aliphatic carbocycles. The van der Waals surface area contributed by atoms with E-state index in [-0.39, 0.29) is 24.0 Å². The van der Waals surface area contributed by atoms with Crippen LogP contribution in [0.1, 0.15) is 33.6 Å². The second-order valence-corrected chi connectivity index (χ2v) is 6.89. The first kappa shape index (κ1) is 21.0. The molecule has 0 aromatic heterocycles. The summed E-state index contributed by atoms with van der Waals surface area (Å²) in [7, 11) is 0. The Balaban J connectivity index is 0.00000264. The van der Waals surface area contributed by atoms with Crippen molar-refractivity contribution in [1.29, 1.82) is 0 Å². The van der Waals surface area contributed by atoms with Crippen LogP contribution in [0.2, 0.25) is 0 Å². The van der Waals surface area contributed by atoms with Crippen LogP contribution < -0.4 is 5.32 Å². The predicted molar refractivity (Wildman–Crippen MR) is 108 cm³/mol. The van der Waals surface area contributed by atoms with Crippen LogP contribution in [-0.4, -0.2) is 74.8 Å². The number of piperidine rings is 1. The molecular weight excluding hydrogens is 403 g/mol. The Morgan fingerprint density at radius 1 is 1.17 bits per heavy atom. The number of hydrogen-bond acceptors (Lipinski definition) is 3. The number of halogens is 1. The minimum absolute atomic E-state index is 0. The highest BCUT2D eigenvalue weighted by molar-refractivity contribution is 14.0. The third-order valence-electron chi connectivity index (χ3n) is 4.50. The van der Waals surface area contributed by atoms with Crippen LogP contribution in [0.4, 0.5) is 0 Å². The van der Waals surface area contributed by atoms with E-state index in [1.54, 1.807) is 0 Å². The number of nitrogens with one attached hydrogen (secondary N) is 1. The van der Waals surface area contributed by atoms with Gasteiger partial charge in [-0.3, -0.25) is 9.89 Å². The Morgan fingerprint density at radius 2 is 1.83 bits per heavy atom. The van der Waals surface area contributed by atoms with Gasteiger partial charge in [0.1, 0.15) is 0 Å². The van der Waals surface area contributed by atoms with Crippen molar-refractivity contribution >= 4 is 29.9 Å². The van der Waals surface area contributed by atoms with Crippen LogP contribution in [0, 0.1) is 11.8 Å². The average molecular weight is 438 g/mol. The fourth-order valence-corrected chi connectivity index (χ4v) is 3.57.